The minimum Gasteiger partial charge on any atom is -0.355 e. The second-order valence-corrected chi connectivity index (χ2v) is 8.06. The molecule has 0 radical (unpaired) electrons. The van der Waals surface area contributed by atoms with Gasteiger partial charge in [-0.25, -0.2) is 4.98 Å². The summed E-state index contributed by atoms with van der Waals surface area (Å²) in [6.45, 7) is 0.789. The molecular weight excluding hydrogens is 326 g/mol. The van der Waals surface area contributed by atoms with Gasteiger partial charge in [0, 0.05) is 23.3 Å². The summed E-state index contributed by atoms with van der Waals surface area (Å²) in [6.07, 6.45) is 5.49. The van der Waals surface area contributed by atoms with Crippen molar-refractivity contribution < 1.29 is 0 Å². The summed E-state index contributed by atoms with van der Waals surface area (Å²) in [5.41, 5.74) is 1.35. The molecule has 0 bridgehead atoms. The Balaban J connectivity index is 1.65. The Morgan fingerprint density at radius 3 is 3.04 bits per heavy atom. The molecule has 0 saturated carbocycles. The molecule has 3 aromatic heterocycles. The van der Waals surface area contributed by atoms with E-state index in [9.17, 15) is 4.79 Å². The normalized spacial score (nSPS) is 14.1. The molecule has 3 heterocycles. The fourth-order valence-corrected chi connectivity index (χ4v) is 5.16. The molecule has 0 aliphatic heterocycles. The zero-order valence-corrected chi connectivity index (χ0v) is 14.7. The highest BCUT2D eigenvalue weighted by atomic mass is 32.1. The van der Waals surface area contributed by atoms with Gasteiger partial charge in [0.25, 0.3) is 5.56 Å². The van der Waals surface area contributed by atoms with E-state index in [2.05, 4.69) is 22.8 Å². The monoisotopic (exact) mass is 345 g/mol. The summed E-state index contributed by atoms with van der Waals surface area (Å²) in [6, 6.07) is 4.20. The number of nitrogens with zero attached hydrogens (tertiary/aromatic N) is 2. The number of rotatable bonds is 4. The van der Waals surface area contributed by atoms with Crippen molar-refractivity contribution in [2.24, 2.45) is 7.05 Å². The zero-order valence-electron chi connectivity index (χ0n) is 13.1. The Morgan fingerprint density at radius 1 is 1.35 bits per heavy atom. The molecule has 0 amide bonds. The molecule has 1 aliphatic rings. The predicted octanol–water partition coefficient (Wildman–Crippen LogP) is 3.59. The molecule has 0 spiro atoms. The van der Waals surface area contributed by atoms with E-state index in [1.54, 1.807) is 27.2 Å². The zero-order chi connectivity index (χ0) is 15.8. The molecule has 0 atom stereocenters. The summed E-state index contributed by atoms with van der Waals surface area (Å²) < 4.78 is 1.67. The lowest BCUT2D eigenvalue weighted by molar-refractivity contribution is 0.699. The van der Waals surface area contributed by atoms with Gasteiger partial charge in [0.15, 0.2) is 0 Å². The Labute approximate surface area is 142 Å². The average molecular weight is 345 g/mol. The van der Waals surface area contributed by atoms with Gasteiger partial charge in [-0.3, -0.25) is 9.36 Å². The van der Waals surface area contributed by atoms with E-state index in [0.717, 1.165) is 36.0 Å². The lowest BCUT2D eigenvalue weighted by Gasteiger charge is -2.11. The Kier molecular flexibility index (Phi) is 3.95. The van der Waals surface area contributed by atoms with Crippen molar-refractivity contribution in [1.82, 2.24) is 9.55 Å². The quantitative estimate of drug-likeness (QED) is 0.786. The van der Waals surface area contributed by atoms with Crippen molar-refractivity contribution in [3.63, 3.8) is 0 Å². The third kappa shape index (κ3) is 2.70. The molecular formula is C17H19N3OS2. The van der Waals surface area contributed by atoms with E-state index >= 15 is 0 Å². The highest BCUT2D eigenvalue weighted by Gasteiger charge is 2.20. The van der Waals surface area contributed by atoms with Gasteiger partial charge in [0.1, 0.15) is 4.83 Å². The molecule has 23 heavy (non-hydrogen) atoms. The number of aromatic nitrogens is 2. The van der Waals surface area contributed by atoms with E-state index in [1.165, 1.54) is 28.2 Å². The number of nitrogens with one attached hydrogen (secondary N) is 1. The van der Waals surface area contributed by atoms with Crippen LogP contribution < -0.4 is 10.9 Å². The van der Waals surface area contributed by atoms with Crippen molar-refractivity contribution in [1.29, 1.82) is 0 Å². The maximum Gasteiger partial charge on any atom is 0.263 e. The van der Waals surface area contributed by atoms with Crippen LogP contribution in [0.3, 0.4) is 0 Å². The van der Waals surface area contributed by atoms with E-state index in [-0.39, 0.29) is 5.56 Å². The second-order valence-electron chi connectivity index (χ2n) is 5.95. The SMILES string of the molecule is Cn1c(NCCc2cccs2)nc2sc3c(c2c1=O)CCCC3. The molecule has 1 aliphatic carbocycles. The van der Waals surface area contributed by atoms with Crippen LogP contribution >= 0.6 is 22.7 Å². The highest BCUT2D eigenvalue weighted by Crippen LogP contribution is 2.34. The number of aryl methyl sites for hydroxylation is 2. The van der Waals surface area contributed by atoms with Crippen molar-refractivity contribution >= 4 is 38.8 Å². The van der Waals surface area contributed by atoms with Crippen LogP contribution in [0.15, 0.2) is 22.3 Å². The highest BCUT2D eigenvalue weighted by molar-refractivity contribution is 7.18. The first-order valence-corrected chi connectivity index (χ1v) is 9.71. The molecule has 0 aromatic carbocycles. The molecule has 0 saturated heterocycles. The van der Waals surface area contributed by atoms with Crippen LogP contribution in [0.5, 0.6) is 0 Å². The van der Waals surface area contributed by atoms with Gasteiger partial charge in [-0.15, -0.1) is 22.7 Å². The summed E-state index contributed by atoms with van der Waals surface area (Å²) in [7, 11) is 1.81. The predicted molar refractivity (Wildman–Crippen MR) is 98.0 cm³/mol. The molecule has 6 heteroatoms. The summed E-state index contributed by atoms with van der Waals surface area (Å²) in [5.74, 6) is 0.678. The topological polar surface area (TPSA) is 46.9 Å². The van der Waals surface area contributed by atoms with E-state index in [0.29, 0.717) is 5.95 Å². The number of fused-ring (bicyclic) bond motifs is 3. The van der Waals surface area contributed by atoms with Gasteiger partial charge in [-0.2, -0.15) is 0 Å². The average Bonchev–Trinajstić information content (AvgIpc) is 3.19. The van der Waals surface area contributed by atoms with Gasteiger partial charge < -0.3 is 5.32 Å². The van der Waals surface area contributed by atoms with Crippen LogP contribution in [-0.4, -0.2) is 16.1 Å². The van der Waals surface area contributed by atoms with Crippen molar-refractivity contribution in [3.8, 4) is 0 Å². The van der Waals surface area contributed by atoms with E-state index in [1.807, 2.05) is 7.05 Å². The van der Waals surface area contributed by atoms with Crippen molar-refractivity contribution in [2.45, 2.75) is 32.1 Å². The number of hydrogen-bond donors (Lipinski definition) is 1. The number of anilines is 1. The van der Waals surface area contributed by atoms with Crippen LogP contribution in [-0.2, 0) is 26.3 Å². The van der Waals surface area contributed by atoms with Crippen LogP contribution in [0.25, 0.3) is 10.2 Å². The minimum atomic E-state index is 0.0908. The smallest absolute Gasteiger partial charge is 0.263 e. The first-order chi connectivity index (χ1) is 11.2. The fourth-order valence-electron chi connectivity index (χ4n) is 3.20. The van der Waals surface area contributed by atoms with E-state index in [4.69, 9.17) is 4.98 Å². The maximum atomic E-state index is 12.8. The Morgan fingerprint density at radius 2 is 2.22 bits per heavy atom. The third-order valence-corrected chi connectivity index (χ3v) is 6.55. The molecule has 3 aromatic rings. The van der Waals surface area contributed by atoms with Gasteiger partial charge in [-0.1, -0.05) is 6.07 Å². The summed E-state index contributed by atoms with van der Waals surface area (Å²) >= 11 is 3.46. The van der Waals surface area contributed by atoms with Crippen LogP contribution in [0.4, 0.5) is 5.95 Å². The van der Waals surface area contributed by atoms with Gasteiger partial charge in [0.2, 0.25) is 5.95 Å². The van der Waals surface area contributed by atoms with E-state index < -0.39 is 0 Å². The fraction of sp³-hybridized carbons (Fsp3) is 0.412. The standard InChI is InChI=1S/C17H19N3OS2/c1-20-16(21)14-12-6-2-3-7-13(12)23-15(14)19-17(20)18-9-8-11-5-4-10-22-11/h4-5,10H,2-3,6-9H2,1H3,(H,18,19). The summed E-state index contributed by atoms with van der Waals surface area (Å²) in [5, 5.41) is 6.28. The molecule has 1 N–H and O–H groups in total. The van der Waals surface area contributed by atoms with Crippen molar-refractivity contribution in [3.05, 3.63) is 43.2 Å². The molecule has 4 nitrogen and oxygen atoms in total. The number of thiophene rings is 2. The lowest BCUT2D eigenvalue weighted by Crippen LogP contribution is -2.23. The first-order valence-electron chi connectivity index (χ1n) is 8.01. The van der Waals surface area contributed by atoms with Crippen LogP contribution in [0.2, 0.25) is 0 Å². The second kappa shape index (κ2) is 6.09. The van der Waals surface area contributed by atoms with Crippen LogP contribution in [0.1, 0.15) is 28.2 Å². The van der Waals surface area contributed by atoms with Gasteiger partial charge in [0.05, 0.1) is 5.39 Å². The third-order valence-electron chi connectivity index (χ3n) is 4.43. The Bertz CT molecular complexity index is 893. The largest absolute Gasteiger partial charge is 0.355 e. The molecule has 4 rings (SSSR count). The summed E-state index contributed by atoms with van der Waals surface area (Å²) in [4.78, 5) is 21.1. The first kappa shape index (κ1) is 14.9. The minimum absolute atomic E-state index is 0.0908. The lowest BCUT2D eigenvalue weighted by atomic mass is 9.97. The molecule has 0 unspecified atom stereocenters. The van der Waals surface area contributed by atoms with Crippen molar-refractivity contribution in [2.75, 3.05) is 11.9 Å². The number of hydrogen-bond acceptors (Lipinski definition) is 5. The molecule has 0 fully saturated rings. The van der Waals surface area contributed by atoms with Crippen LogP contribution in [0, 0.1) is 0 Å². The van der Waals surface area contributed by atoms with Gasteiger partial charge >= 0.3 is 0 Å². The Hall–Kier alpha value is -1.66. The van der Waals surface area contributed by atoms with Gasteiger partial charge in [-0.05, 0) is 49.1 Å². The maximum absolute atomic E-state index is 12.8. The molecule has 120 valence electrons.